The molecule has 0 spiro atoms. The van der Waals surface area contributed by atoms with Crippen LogP contribution in [0.2, 0.25) is 5.02 Å². The van der Waals surface area contributed by atoms with Crippen LogP contribution in [0.25, 0.3) is 0 Å². The number of guanidine groups is 1. The normalized spacial score (nSPS) is 20.0. The van der Waals surface area contributed by atoms with Gasteiger partial charge in [0.05, 0.1) is 17.3 Å². The number of fused-ring (bicyclic) bond motifs is 1. The lowest BCUT2D eigenvalue weighted by molar-refractivity contribution is -0.120. The molecule has 0 radical (unpaired) electrons. The van der Waals surface area contributed by atoms with Gasteiger partial charge in [0, 0.05) is 19.5 Å². The van der Waals surface area contributed by atoms with Gasteiger partial charge in [0.15, 0.2) is 11.7 Å². The second kappa shape index (κ2) is 7.12. The Bertz CT molecular complexity index is 1010. The smallest absolute Gasteiger partial charge is 0.252 e. The molecule has 0 saturated carbocycles. The predicted molar refractivity (Wildman–Crippen MR) is 102 cm³/mol. The molecular formula is C19H16ClFN4O3. The van der Waals surface area contributed by atoms with Gasteiger partial charge in [-0.25, -0.2) is 9.38 Å². The van der Waals surface area contributed by atoms with Crippen molar-refractivity contribution in [3.8, 4) is 11.5 Å². The molecule has 2 amide bonds. The van der Waals surface area contributed by atoms with Crippen molar-refractivity contribution >= 4 is 35.1 Å². The fourth-order valence-corrected chi connectivity index (χ4v) is 3.37. The number of para-hydroxylation sites is 1. The van der Waals surface area contributed by atoms with Crippen LogP contribution < -0.4 is 20.3 Å². The summed E-state index contributed by atoms with van der Waals surface area (Å²) < 4.78 is 19.4. The number of carbonyl (C=O) groups excluding carboxylic acids is 2. The molecule has 28 heavy (non-hydrogen) atoms. The highest BCUT2D eigenvalue weighted by Gasteiger charge is 2.34. The largest absolute Gasteiger partial charge is 0.453 e. The lowest BCUT2D eigenvalue weighted by Crippen LogP contribution is -2.43. The maximum Gasteiger partial charge on any atom is 0.252 e. The van der Waals surface area contributed by atoms with E-state index in [0.717, 1.165) is 5.56 Å². The molecule has 7 nitrogen and oxygen atoms in total. The van der Waals surface area contributed by atoms with Crippen molar-refractivity contribution in [2.45, 2.75) is 12.5 Å². The number of carbonyl (C=O) groups is 2. The Balaban J connectivity index is 1.66. The molecule has 2 aromatic rings. The van der Waals surface area contributed by atoms with Crippen molar-refractivity contribution in [2.75, 3.05) is 18.5 Å². The van der Waals surface area contributed by atoms with E-state index in [1.165, 1.54) is 23.1 Å². The van der Waals surface area contributed by atoms with Crippen molar-refractivity contribution < 1.29 is 18.7 Å². The van der Waals surface area contributed by atoms with Gasteiger partial charge in [-0.3, -0.25) is 14.9 Å². The molecule has 1 saturated heterocycles. The van der Waals surface area contributed by atoms with E-state index in [-0.39, 0.29) is 29.1 Å². The molecule has 0 unspecified atom stereocenters. The number of aliphatic imine (C=N–C) groups is 1. The fourth-order valence-electron chi connectivity index (χ4n) is 3.22. The number of rotatable bonds is 3. The number of likely N-dealkylation sites (N-methyl/N-ethyl adjacent to an activating group) is 1. The number of halogens is 2. The van der Waals surface area contributed by atoms with E-state index >= 15 is 0 Å². The van der Waals surface area contributed by atoms with E-state index in [2.05, 4.69) is 15.6 Å². The summed E-state index contributed by atoms with van der Waals surface area (Å²) in [4.78, 5) is 29.9. The highest BCUT2D eigenvalue weighted by molar-refractivity contribution is 6.32. The molecule has 144 valence electrons. The van der Waals surface area contributed by atoms with Crippen LogP contribution in [0.15, 0.2) is 41.4 Å². The van der Waals surface area contributed by atoms with Crippen LogP contribution in [-0.2, 0) is 16.0 Å². The number of amides is 2. The monoisotopic (exact) mass is 402 g/mol. The average molecular weight is 403 g/mol. The SMILES string of the molecule is CN1C(=O)[C@H](N=C2NCC(=O)N2)Cc2cccc(Oc3cc(F)ccc3Cl)c21. The van der Waals surface area contributed by atoms with Crippen LogP contribution in [0.3, 0.4) is 0 Å². The lowest BCUT2D eigenvalue weighted by Gasteiger charge is -2.31. The summed E-state index contributed by atoms with van der Waals surface area (Å²) in [5, 5.41) is 5.64. The van der Waals surface area contributed by atoms with E-state index < -0.39 is 11.9 Å². The standard InChI is InChI=1S/C19H16ClFN4O3/c1-25-17-10(7-13(18(25)27)23-19-22-9-16(26)24-19)3-2-4-14(17)28-15-8-11(21)5-6-12(15)20/h2-6,8,13H,7,9H2,1H3,(H2,22,23,24,26)/t13-/m1/s1. The topological polar surface area (TPSA) is 83.0 Å². The van der Waals surface area contributed by atoms with Crippen LogP contribution in [0.1, 0.15) is 5.56 Å². The molecule has 9 heteroatoms. The Hall–Kier alpha value is -3.13. The summed E-state index contributed by atoms with van der Waals surface area (Å²) in [5.74, 6) is -0.0760. The summed E-state index contributed by atoms with van der Waals surface area (Å²) in [5.41, 5.74) is 1.42. The third-order valence-corrected chi connectivity index (χ3v) is 4.83. The molecule has 0 aromatic heterocycles. The zero-order valence-corrected chi connectivity index (χ0v) is 15.6. The third kappa shape index (κ3) is 3.38. The van der Waals surface area contributed by atoms with Gasteiger partial charge in [-0.1, -0.05) is 23.7 Å². The molecular weight excluding hydrogens is 387 g/mol. The van der Waals surface area contributed by atoms with Crippen LogP contribution >= 0.6 is 11.6 Å². The zero-order chi connectivity index (χ0) is 19.8. The highest BCUT2D eigenvalue weighted by Crippen LogP contribution is 2.40. The molecule has 2 N–H and O–H groups in total. The Morgan fingerprint density at radius 3 is 2.82 bits per heavy atom. The second-order valence-corrected chi connectivity index (χ2v) is 6.84. The van der Waals surface area contributed by atoms with Gasteiger partial charge in [0.2, 0.25) is 5.91 Å². The van der Waals surface area contributed by atoms with Crippen molar-refractivity contribution in [3.63, 3.8) is 0 Å². The van der Waals surface area contributed by atoms with Crippen molar-refractivity contribution in [3.05, 3.63) is 52.8 Å². The van der Waals surface area contributed by atoms with Crippen molar-refractivity contribution in [2.24, 2.45) is 4.99 Å². The molecule has 2 aromatic carbocycles. The van der Waals surface area contributed by atoms with Gasteiger partial charge >= 0.3 is 0 Å². The van der Waals surface area contributed by atoms with Crippen LogP contribution in [-0.4, -0.2) is 37.4 Å². The number of hydrogen-bond donors (Lipinski definition) is 2. The molecule has 4 rings (SSSR count). The summed E-state index contributed by atoms with van der Waals surface area (Å²) in [6, 6.07) is 8.50. The Labute approximate surface area is 165 Å². The first-order valence-corrected chi connectivity index (χ1v) is 8.94. The number of nitrogens with zero attached hydrogens (tertiary/aromatic N) is 2. The minimum Gasteiger partial charge on any atom is -0.453 e. The van der Waals surface area contributed by atoms with Gasteiger partial charge < -0.3 is 15.0 Å². The van der Waals surface area contributed by atoms with Crippen molar-refractivity contribution in [1.82, 2.24) is 10.6 Å². The number of nitrogens with one attached hydrogen (secondary N) is 2. The Kier molecular flexibility index (Phi) is 4.64. The van der Waals surface area contributed by atoms with Gasteiger partial charge in [0.1, 0.15) is 17.6 Å². The summed E-state index contributed by atoms with van der Waals surface area (Å²) in [6.07, 6.45) is 0.341. The van der Waals surface area contributed by atoms with Crippen LogP contribution in [0.4, 0.5) is 10.1 Å². The van der Waals surface area contributed by atoms with Crippen LogP contribution in [0, 0.1) is 5.82 Å². The Morgan fingerprint density at radius 2 is 2.07 bits per heavy atom. The number of benzene rings is 2. The number of hydrogen-bond acceptors (Lipinski definition) is 4. The summed E-state index contributed by atoms with van der Waals surface area (Å²) >= 11 is 6.09. The summed E-state index contributed by atoms with van der Waals surface area (Å²) in [7, 11) is 1.62. The van der Waals surface area contributed by atoms with Gasteiger partial charge in [-0.2, -0.15) is 0 Å². The molecule has 2 aliphatic rings. The maximum absolute atomic E-state index is 13.5. The Morgan fingerprint density at radius 1 is 1.25 bits per heavy atom. The van der Waals surface area contributed by atoms with Crippen molar-refractivity contribution in [1.29, 1.82) is 0 Å². The first-order chi connectivity index (χ1) is 13.4. The molecule has 1 atom stereocenters. The lowest BCUT2D eigenvalue weighted by atomic mass is 9.97. The first kappa shape index (κ1) is 18.2. The fraction of sp³-hybridized carbons (Fsp3) is 0.211. The maximum atomic E-state index is 13.5. The quantitative estimate of drug-likeness (QED) is 0.824. The molecule has 0 bridgehead atoms. The predicted octanol–water partition coefficient (Wildman–Crippen LogP) is 2.23. The second-order valence-electron chi connectivity index (χ2n) is 6.44. The van der Waals surface area contributed by atoms with E-state index in [9.17, 15) is 14.0 Å². The average Bonchev–Trinajstić information content (AvgIpc) is 3.07. The van der Waals surface area contributed by atoms with Gasteiger partial charge in [-0.15, -0.1) is 0 Å². The molecule has 0 aliphatic carbocycles. The minimum atomic E-state index is -0.675. The molecule has 2 heterocycles. The number of ether oxygens (including phenoxy) is 1. The first-order valence-electron chi connectivity index (χ1n) is 8.56. The minimum absolute atomic E-state index is 0.137. The van der Waals surface area contributed by atoms with Gasteiger partial charge in [0.25, 0.3) is 5.91 Å². The molecule has 1 fully saturated rings. The van der Waals surface area contributed by atoms with E-state index in [0.29, 0.717) is 23.8 Å². The zero-order valence-electron chi connectivity index (χ0n) is 14.8. The van der Waals surface area contributed by atoms with E-state index in [1.807, 2.05) is 6.07 Å². The summed E-state index contributed by atoms with van der Waals surface area (Å²) in [6.45, 7) is 0.137. The van der Waals surface area contributed by atoms with Gasteiger partial charge in [-0.05, 0) is 23.8 Å². The highest BCUT2D eigenvalue weighted by atomic mass is 35.5. The van der Waals surface area contributed by atoms with E-state index in [4.69, 9.17) is 16.3 Å². The van der Waals surface area contributed by atoms with Crippen LogP contribution in [0.5, 0.6) is 11.5 Å². The molecule has 2 aliphatic heterocycles. The van der Waals surface area contributed by atoms with E-state index in [1.54, 1.807) is 19.2 Å². The third-order valence-electron chi connectivity index (χ3n) is 4.52. The number of anilines is 1.